The van der Waals surface area contributed by atoms with Gasteiger partial charge in [-0.1, -0.05) is 0 Å². The second-order valence-electron chi connectivity index (χ2n) is 3.64. The molecule has 0 saturated heterocycles. The van der Waals surface area contributed by atoms with Crippen LogP contribution in [0.15, 0.2) is 27.6 Å². The first-order valence-electron chi connectivity index (χ1n) is 4.86. The normalized spacial score (nSPS) is 11.5. The maximum atomic E-state index is 13.7. The monoisotopic (exact) mass is 286 g/mol. The van der Waals surface area contributed by atoms with Gasteiger partial charge in [0.2, 0.25) is 0 Å². The molecule has 2 aromatic rings. The predicted molar refractivity (Wildman–Crippen MR) is 59.8 cm³/mol. The molecule has 1 N–H and O–H groups in total. The molecule has 9 heteroatoms. The van der Waals surface area contributed by atoms with Crippen LogP contribution in [0.5, 0.6) is 0 Å². The minimum Gasteiger partial charge on any atom is -0.475 e. The van der Waals surface area contributed by atoms with E-state index < -0.39 is 27.4 Å². The van der Waals surface area contributed by atoms with Crippen molar-refractivity contribution < 1.29 is 27.2 Å². The highest BCUT2D eigenvalue weighted by Crippen LogP contribution is 2.23. The standard InChI is InChI=1S/C10H7FN2O5S/c1-19(16,17)5-2-3-6(7(11)4-5)9-12-8(10(14)15)13-18-9/h2-4H,1H3,(H,14,15). The molecule has 0 amide bonds. The van der Waals surface area contributed by atoms with Crippen molar-refractivity contribution in [2.24, 2.45) is 0 Å². The van der Waals surface area contributed by atoms with Gasteiger partial charge in [-0.15, -0.1) is 0 Å². The summed E-state index contributed by atoms with van der Waals surface area (Å²) in [7, 11) is -3.53. The smallest absolute Gasteiger partial charge is 0.377 e. The number of aromatic nitrogens is 2. The zero-order valence-electron chi connectivity index (χ0n) is 9.49. The van der Waals surface area contributed by atoms with Crippen molar-refractivity contribution in [2.45, 2.75) is 4.90 Å². The van der Waals surface area contributed by atoms with Crippen molar-refractivity contribution in [1.29, 1.82) is 0 Å². The van der Waals surface area contributed by atoms with Gasteiger partial charge >= 0.3 is 5.97 Å². The Bertz CT molecular complexity index is 753. The highest BCUT2D eigenvalue weighted by atomic mass is 32.2. The van der Waals surface area contributed by atoms with Crippen molar-refractivity contribution in [2.75, 3.05) is 6.26 Å². The third kappa shape index (κ3) is 2.60. The summed E-state index contributed by atoms with van der Waals surface area (Å²) in [4.78, 5) is 13.8. The molecule has 0 unspecified atom stereocenters. The zero-order valence-corrected chi connectivity index (χ0v) is 10.3. The fourth-order valence-corrected chi connectivity index (χ4v) is 1.95. The van der Waals surface area contributed by atoms with Crippen molar-refractivity contribution in [1.82, 2.24) is 10.1 Å². The lowest BCUT2D eigenvalue weighted by Crippen LogP contribution is -1.99. The van der Waals surface area contributed by atoms with Gasteiger partial charge in [0.25, 0.3) is 11.7 Å². The van der Waals surface area contributed by atoms with Crippen LogP contribution >= 0.6 is 0 Å². The minimum absolute atomic E-state index is 0.174. The van der Waals surface area contributed by atoms with Crippen LogP contribution in [0.2, 0.25) is 0 Å². The molecule has 7 nitrogen and oxygen atoms in total. The molecule has 0 spiro atoms. The number of aromatic carboxylic acids is 1. The van der Waals surface area contributed by atoms with Gasteiger partial charge in [-0.3, -0.25) is 0 Å². The van der Waals surface area contributed by atoms with Crippen molar-refractivity contribution in [3.8, 4) is 11.5 Å². The second kappa shape index (κ2) is 4.43. The third-order valence-electron chi connectivity index (χ3n) is 2.22. The average molecular weight is 286 g/mol. The van der Waals surface area contributed by atoms with E-state index in [0.717, 1.165) is 18.4 Å². The topological polar surface area (TPSA) is 110 Å². The molecular weight excluding hydrogens is 279 g/mol. The molecule has 100 valence electrons. The molecule has 0 saturated carbocycles. The molecule has 0 atom stereocenters. The minimum atomic E-state index is -3.53. The van der Waals surface area contributed by atoms with Crippen LogP contribution in [0.4, 0.5) is 4.39 Å². The number of rotatable bonds is 3. The molecule has 0 bridgehead atoms. The molecule has 2 rings (SSSR count). The summed E-state index contributed by atoms with van der Waals surface area (Å²) >= 11 is 0. The van der Waals surface area contributed by atoms with Crippen molar-refractivity contribution in [3.63, 3.8) is 0 Å². The van der Waals surface area contributed by atoms with Gasteiger partial charge in [0.15, 0.2) is 9.84 Å². The number of hydrogen-bond donors (Lipinski definition) is 1. The van der Waals surface area contributed by atoms with Gasteiger partial charge in [-0.25, -0.2) is 17.6 Å². The Hall–Kier alpha value is -2.29. The summed E-state index contributed by atoms with van der Waals surface area (Å²) in [5.74, 6) is -3.26. The summed E-state index contributed by atoms with van der Waals surface area (Å²) < 4.78 is 40.8. The van der Waals surface area contributed by atoms with Crippen LogP contribution < -0.4 is 0 Å². The van der Waals surface area contributed by atoms with E-state index in [1.807, 2.05) is 0 Å². The van der Waals surface area contributed by atoms with Crippen LogP contribution in [0.25, 0.3) is 11.5 Å². The lowest BCUT2D eigenvalue weighted by molar-refractivity contribution is 0.0680. The Morgan fingerprint density at radius 1 is 1.42 bits per heavy atom. The number of sulfone groups is 1. The number of hydrogen-bond acceptors (Lipinski definition) is 6. The van der Waals surface area contributed by atoms with Gasteiger partial charge in [-0.05, 0) is 23.4 Å². The van der Waals surface area contributed by atoms with Gasteiger partial charge < -0.3 is 9.63 Å². The number of carbonyl (C=O) groups is 1. The Morgan fingerprint density at radius 2 is 2.11 bits per heavy atom. The fourth-order valence-electron chi connectivity index (χ4n) is 1.32. The Kier molecular flexibility index (Phi) is 3.06. The molecule has 0 aliphatic rings. The van der Waals surface area contributed by atoms with Gasteiger partial charge in [0.05, 0.1) is 10.5 Å². The van der Waals surface area contributed by atoms with Crippen molar-refractivity contribution >= 4 is 15.8 Å². The first-order valence-corrected chi connectivity index (χ1v) is 6.75. The second-order valence-corrected chi connectivity index (χ2v) is 5.66. The molecule has 1 aromatic heterocycles. The van der Waals surface area contributed by atoms with E-state index in [1.165, 1.54) is 6.07 Å². The van der Waals surface area contributed by atoms with E-state index in [4.69, 9.17) is 5.11 Å². The molecule has 1 heterocycles. The molecule has 0 radical (unpaired) electrons. The average Bonchev–Trinajstić information content (AvgIpc) is 2.76. The first kappa shape index (κ1) is 13.1. The summed E-state index contributed by atoms with van der Waals surface area (Å²) in [6, 6.07) is 3.10. The Labute approximate surface area is 106 Å². The molecule has 19 heavy (non-hydrogen) atoms. The summed E-state index contributed by atoms with van der Waals surface area (Å²) in [6.07, 6.45) is 0.941. The van der Waals surface area contributed by atoms with E-state index >= 15 is 0 Å². The first-order chi connectivity index (χ1) is 8.79. The van der Waals surface area contributed by atoms with Crippen LogP contribution in [0, 0.1) is 5.82 Å². The van der Waals surface area contributed by atoms with Gasteiger partial charge in [0, 0.05) is 6.26 Å². The highest BCUT2D eigenvalue weighted by Gasteiger charge is 2.18. The van der Waals surface area contributed by atoms with E-state index in [0.29, 0.717) is 0 Å². The van der Waals surface area contributed by atoms with E-state index in [9.17, 15) is 17.6 Å². The Balaban J connectivity index is 2.49. The largest absolute Gasteiger partial charge is 0.475 e. The van der Waals surface area contributed by atoms with Crippen LogP contribution in [-0.4, -0.2) is 35.9 Å². The molecule has 0 aliphatic carbocycles. The summed E-state index contributed by atoms with van der Waals surface area (Å²) in [5, 5.41) is 11.7. The molecule has 1 aromatic carbocycles. The number of nitrogens with zero attached hydrogens (tertiary/aromatic N) is 2. The lowest BCUT2D eigenvalue weighted by Gasteiger charge is -2.01. The molecule has 0 aliphatic heterocycles. The highest BCUT2D eigenvalue weighted by molar-refractivity contribution is 7.90. The zero-order chi connectivity index (χ0) is 14.2. The number of carboxylic acid groups (broad SMARTS) is 1. The fraction of sp³-hybridized carbons (Fsp3) is 0.100. The van der Waals surface area contributed by atoms with E-state index in [-0.39, 0.29) is 16.3 Å². The number of carboxylic acids is 1. The van der Waals surface area contributed by atoms with Crippen LogP contribution in [-0.2, 0) is 9.84 Å². The Morgan fingerprint density at radius 3 is 2.58 bits per heavy atom. The lowest BCUT2D eigenvalue weighted by atomic mass is 10.2. The number of halogens is 1. The van der Waals surface area contributed by atoms with Gasteiger partial charge in [-0.2, -0.15) is 4.98 Å². The molecular formula is C10H7FN2O5S. The quantitative estimate of drug-likeness (QED) is 0.895. The maximum Gasteiger partial charge on any atom is 0.377 e. The van der Waals surface area contributed by atoms with Crippen molar-refractivity contribution in [3.05, 3.63) is 29.8 Å². The van der Waals surface area contributed by atoms with E-state index in [1.54, 1.807) is 0 Å². The SMILES string of the molecule is CS(=O)(=O)c1ccc(-c2nc(C(=O)O)no2)c(F)c1. The van der Waals surface area contributed by atoms with Gasteiger partial charge in [0.1, 0.15) is 5.82 Å². The van der Waals surface area contributed by atoms with E-state index in [2.05, 4.69) is 14.7 Å². The maximum absolute atomic E-state index is 13.7. The summed E-state index contributed by atoms with van der Waals surface area (Å²) in [5.41, 5.74) is -0.174. The van der Waals surface area contributed by atoms with Crippen LogP contribution in [0.1, 0.15) is 10.6 Å². The molecule has 0 fully saturated rings. The van der Waals surface area contributed by atoms with Crippen LogP contribution in [0.3, 0.4) is 0 Å². The summed E-state index contributed by atoms with van der Waals surface area (Å²) in [6.45, 7) is 0. The third-order valence-corrected chi connectivity index (χ3v) is 3.33. The predicted octanol–water partition coefficient (Wildman–Crippen LogP) is 0.977. The number of benzene rings is 1.